The van der Waals surface area contributed by atoms with Crippen molar-refractivity contribution in [3.8, 4) is 5.75 Å². The van der Waals surface area contributed by atoms with Crippen molar-refractivity contribution in [1.82, 2.24) is 9.80 Å². The highest BCUT2D eigenvalue weighted by atomic mass is 35.5. The van der Waals surface area contributed by atoms with Crippen LogP contribution < -0.4 is 4.74 Å². The summed E-state index contributed by atoms with van der Waals surface area (Å²) in [5.74, 6) is 0.659. The first kappa shape index (κ1) is 17.5. The summed E-state index contributed by atoms with van der Waals surface area (Å²) in [5.41, 5.74) is 2.43. The number of likely N-dealkylation sites (N-methyl/N-ethyl adjacent to an activating group) is 1. The largest absolute Gasteiger partial charge is 0.497 e. The lowest BCUT2D eigenvalue weighted by Gasteiger charge is -2.16. The standard InChI is InChI=1S/C19H17ClN2O2S/c1-21-17(11-13-5-9-16(24-2)10-6-13)18(23)22(19(21)25)12-14-3-7-15(20)8-4-14/h3-11H,12H2,1-2H3. The van der Waals surface area contributed by atoms with Crippen LogP contribution in [0.1, 0.15) is 11.1 Å². The molecular formula is C19H17ClN2O2S. The number of ether oxygens (including phenoxy) is 1. The maximum atomic E-state index is 12.8. The van der Waals surface area contributed by atoms with Gasteiger partial charge in [0, 0.05) is 12.1 Å². The van der Waals surface area contributed by atoms with Gasteiger partial charge in [-0.2, -0.15) is 0 Å². The van der Waals surface area contributed by atoms with Crippen molar-refractivity contribution >= 4 is 40.9 Å². The molecule has 1 heterocycles. The van der Waals surface area contributed by atoms with Gasteiger partial charge in [0.1, 0.15) is 11.4 Å². The van der Waals surface area contributed by atoms with Gasteiger partial charge in [-0.05, 0) is 53.7 Å². The summed E-state index contributed by atoms with van der Waals surface area (Å²) in [4.78, 5) is 16.1. The normalized spacial score (nSPS) is 16.0. The van der Waals surface area contributed by atoms with Crippen LogP contribution in [0.25, 0.3) is 6.08 Å². The molecule has 2 aromatic rings. The molecule has 4 nitrogen and oxygen atoms in total. The molecule has 2 aromatic carbocycles. The molecule has 128 valence electrons. The summed E-state index contributed by atoms with van der Waals surface area (Å²) in [6.07, 6.45) is 1.83. The van der Waals surface area contributed by atoms with Crippen LogP contribution in [0.5, 0.6) is 5.75 Å². The van der Waals surface area contributed by atoms with Crippen LogP contribution in [0.2, 0.25) is 5.02 Å². The van der Waals surface area contributed by atoms with Gasteiger partial charge in [0.25, 0.3) is 5.91 Å². The van der Waals surface area contributed by atoms with E-state index in [4.69, 9.17) is 28.6 Å². The van der Waals surface area contributed by atoms with Gasteiger partial charge in [-0.15, -0.1) is 0 Å². The first-order chi connectivity index (χ1) is 12.0. The highest BCUT2D eigenvalue weighted by molar-refractivity contribution is 7.80. The van der Waals surface area contributed by atoms with Gasteiger partial charge in [0.2, 0.25) is 0 Å². The van der Waals surface area contributed by atoms with E-state index in [1.54, 1.807) is 36.1 Å². The Hall–Kier alpha value is -2.37. The summed E-state index contributed by atoms with van der Waals surface area (Å²) in [6.45, 7) is 0.416. The average molecular weight is 373 g/mol. The number of thiocarbonyl (C=S) groups is 1. The van der Waals surface area contributed by atoms with Crippen LogP contribution in [-0.2, 0) is 11.3 Å². The van der Waals surface area contributed by atoms with Gasteiger partial charge in [0.15, 0.2) is 5.11 Å². The van der Waals surface area contributed by atoms with E-state index in [0.717, 1.165) is 16.9 Å². The summed E-state index contributed by atoms with van der Waals surface area (Å²) < 4.78 is 5.15. The third-order valence-corrected chi connectivity index (χ3v) is 4.76. The third kappa shape index (κ3) is 3.67. The van der Waals surface area contributed by atoms with E-state index in [2.05, 4.69) is 0 Å². The number of rotatable bonds is 4. The van der Waals surface area contributed by atoms with E-state index in [-0.39, 0.29) is 5.91 Å². The molecule has 25 heavy (non-hydrogen) atoms. The van der Waals surface area contributed by atoms with E-state index in [1.165, 1.54) is 0 Å². The first-order valence-electron chi connectivity index (χ1n) is 7.69. The summed E-state index contributed by atoms with van der Waals surface area (Å²) in [5, 5.41) is 1.15. The Balaban J connectivity index is 1.84. The molecule has 0 bridgehead atoms. The highest BCUT2D eigenvalue weighted by Crippen LogP contribution is 2.25. The second-order valence-electron chi connectivity index (χ2n) is 5.66. The minimum atomic E-state index is -0.113. The molecule has 6 heteroatoms. The van der Waals surface area contributed by atoms with Crippen LogP contribution in [0.15, 0.2) is 54.2 Å². The van der Waals surface area contributed by atoms with Crippen LogP contribution >= 0.6 is 23.8 Å². The number of benzene rings is 2. The number of halogens is 1. The monoisotopic (exact) mass is 372 g/mol. The summed E-state index contributed by atoms with van der Waals surface area (Å²) in [6, 6.07) is 14.9. The third-order valence-electron chi connectivity index (χ3n) is 4.02. The Kier molecular flexibility index (Phi) is 5.06. The number of amides is 1. The highest BCUT2D eigenvalue weighted by Gasteiger charge is 2.35. The lowest BCUT2D eigenvalue weighted by atomic mass is 10.1. The topological polar surface area (TPSA) is 32.8 Å². The summed E-state index contributed by atoms with van der Waals surface area (Å²) >= 11 is 11.4. The minimum absolute atomic E-state index is 0.113. The molecule has 1 amide bonds. The minimum Gasteiger partial charge on any atom is -0.497 e. The van der Waals surface area contributed by atoms with E-state index >= 15 is 0 Å². The van der Waals surface area contributed by atoms with Crippen molar-refractivity contribution in [2.75, 3.05) is 14.2 Å². The van der Waals surface area contributed by atoms with Crippen molar-refractivity contribution in [3.05, 3.63) is 70.4 Å². The van der Waals surface area contributed by atoms with Gasteiger partial charge < -0.3 is 9.64 Å². The molecule has 0 aromatic heterocycles. The number of methoxy groups -OCH3 is 1. The molecule has 0 atom stereocenters. The molecule has 0 spiro atoms. The quantitative estimate of drug-likeness (QED) is 0.601. The maximum absolute atomic E-state index is 12.8. The zero-order valence-corrected chi connectivity index (χ0v) is 15.5. The number of hydrogen-bond acceptors (Lipinski definition) is 3. The van der Waals surface area contributed by atoms with Gasteiger partial charge in [-0.3, -0.25) is 9.69 Å². The lowest BCUT2D eigenvalue weighted by molar-refractivity contribution is -0.122. The molecule has 0 aliphatic carbocycles. The lowest BCUT2D eigenvalue weighted by Crippen LogP contribution is -2.30. The molecule has 0 unspecified atom stereocenters. The number of hydrogen-bond donors (Lipinski definition) is 0. The molecule has 1 aliphatic heterocycles. The Labute approximate surface area is 157 Å². The van der Waals surface area contributed by atoms with Gasteiger partial charge in [-0.1, -0.05) is 35.9 Å². The van der Waals surface area contributed by atoms with Crippen LogP contribution in [0.4, 0.5) is 0 Å². The van der Waals surface area contributed by atoms with E-state index in [1.807, 2.05) is 42.5 Å². The molecule has 0 saturated carbocycles. The van der Waals surface area contributed by atoms with Gasteiger partial charge >= 0.3 is 0 Å². The van der Waals surface area contributed by atoms with Crippen molar-refractivity contribution in [2.24, 2.45) is 0 Å². The molecule has 1 fully saturated rings. The van der Waals surface area contributed by atoms with E-state index in [0.29, 0.717) is 22.4 Å². The Morgan fingerprint density at radius 1 is 1.12 bits per heavy atom. The molecular weight excluding hydrogens is 356 g/mol. The van der Waals surface area contributed by atoms with E-state index in [9.17, 15) is 4.79 Å². The number of nitrogens with zero attached hydrogens (tertiary/aromatic N) is 2. The average Bonchev–Trinajstić information content (AvgIpc) is 2.82. The van der Waals surface area contributed by atoms with Gasteiger partial charge in [0.05, 0.1) is 13.7 Å². The predicted octanol–water partition coefficient (Wildman–Crippen LogP) is 3.95. The van der Waals surface area contributed by atoms with Crippen LogP contribution in [0.3, 0.4) is 0 Å². The SMILES string of the molecule is COc1ccc(C=C2C(=O)N(Cc3ccc(Cl)cc3)C(=S)N2C)cc1. The maximum Gasteiger partial charge on any atom is 0.277 e. The zero-order valence-electron chi connectivity index (χ0n) is 13.9. The van der Waals surface area contributed by atoms with Gasteiger partial charge in [-0.25, -0.2) is 0 Å². The fraction of sp³-hybridized carbons (Fsp3) is 0.158. The second-order valence-corrected chi connectivity index (χ2v) is 6.46. The fourth-order valence-electron chi connectivity index (χ4n) is 2.58. The summed E-state index contributed by atoms with van der Waals surface area (Å²) in [7, 11) is 3.42. The Morgan fingerprint density at radius 3 is 2.36 bits per heavy atom. The van der Waals surface area contributed by atoms with E-state index < -0.39 is 0 Å². The predicted molar refractivity (Wildman–Crippen MR) is 103 cm³/mol. The van der Waals surface area contributed by atoms with Crippen molar-refractivity contribution < 1.29 is 9.53 Å². The second kappa shape index (κ2) is 7.25. The van der Waals surface area contributed by atoms with Crippen molar-refractivity contribution in [1.29, 1.82) is 0 Å². The molecule has 0 radical (unpaired) electrons. The first-order valence-corrected chi connectivity index (χ1v) is 8.48. The fourth-order valence-corrected chi connectivity index (χ4v) is 2.95. The smallest absolute Gasteiger partial charge is 0.277 e. The number of carbonyl (C=O) groups excluding carboxylic acids is 1. The van der Waals surface area contributed by atoms with Crippen molar-refractivity contribution in [2.45, 2.75) is 6.54 Å². The molecule has 1 aliphatic rings. The molecule has 1 saturated heterocycles. The van der Waals surface area contributed by atoms with Crippen LogP contribution in [0, 0.1) is 0 Å². The van der Waals surface area contributed by atoms with Crippen LogP contribution in [-0.4, -0.2) is 35.0 Å². The van der Waals surface area contributed by atoms with Crippen molar-refractivity contribution in [3.63, 3.8) is 0 Å². The zero-order chi connectivity index (χ0) is 18.0. The Bertz CT molecular complexity index is 832. The number of carbonyl (C=O) groups is 1. The Morgan fingerprint density at radius 2 is 1.76 bits per heavy atom. The molecule has 3 rings (SSSR count). The molecule has 0 N–H and O–H groups in total.